The average molecular weight is 273 g/mol. The van der Waals surface area contributed by atoms with Crippen molar-refractivity contribution in [2.45, 2.75) is 6.92 Å². The fourth-order valence-electron chi connectivity index (χ4n) is 2.47. The second kappa shape index (κ2) is 6.27. The van der Waals surface area contributed by atoms with E-state index in [0.717, 1.165) is 6.54 Å². The molecule has 0 saturated heterocycles. The molecule has 21 heavy (non-hydrogen) atoms. The van der Waals surface area contributed by atoms with Crippen molar-refractivity contribution in [1.82, 2.24) is 0 Å². The second-order valence-corrected chi connectivity index (χ2v) is 5.05. The van der Waals surface area contributed by atoms with E-state index in [-0.39, 0.29) is 0 Å². The van der Waals surface area contributed by atoms with Gasteiger partial charge >= 0.3 is 0 Å². The van der Waals surface area contributed by atoms with Crippen molar-refractivity contribution in [3.05, 3.63) is 78.9 Å². The fourth-order valence-corrected chi connectivity index (χ4v) is 2.47. The molecule has 0 heterocycles. The zero-order valence-corrected chi connectivity index (χ0v) is 12.2. The van der Waals surface area contributed by atoms with Crippen LogP contribution in [0.15, 0.2) is 78.9 Å². The minimum Gasteiger partial charge on any atom is -0.385 e. The van der Waals surface area contributed by atoms with Gasteiger partial charge in [-0.15, -0.1) is 0 Å². The Morgan fingerprint density at radius 3 is 1.48 bits per heavy atom. The third kappa shape index (κ3) is 3.14. The molecule has 0 amide bonds. The number of benzene rings is 3. The third-order valence-electron chi connectivity index (χ3n) is 3.59. The number of hydrogen-bond donors (Lipinski definition) is 1. The van der Waals surface area contributed by atoms with E-state index in [2.05, 4.69) is 85.0 Å². The lowest BCUT2D eigenvalue weighted by molar-refractivity contribution is 1.21. The van der Waals surface area contributed by atoms with Gasteiger partial charge in [0.1, 0.15) is 0 Å². The summed E-state index contributed by atoms with van der Waals surface area (Å²) in [5.41, 5.74) is 6.17. The first-order valence-corrected chi connectivity index (χ1v) is 7.36. The van der Waals surface area contributed by atoms with Gasteiger partial charge in [-0.2, -0.15) is 0 Å². The molecule has 1 heteroatoms. The van der Waals surface area contributed by atoms with Crippen LogP contribution in [0.3, 0.4) is 0 Å². The molecule has 0 aromatic heterocycles. The number of anilines is 1. The lowest BCUT2D eigenvalue weighted by atomic mass is 10.0. The summed E-state index contributed by atoms with van der Waals surface area (Å²) < 4.78 is 0. The molecule has 0 fully saturated rings. The molecule has 1 nitrogen and oxygen atoms in total. The Hall–Kier alpha value is -2.54. The van der Waals surface area contributed by atoms with E-state index in [4.69, 9.17) is 0 Å². The van der Waals surface area contributed by atoms with Gasteiger partial charge in [0.25, 0.3) is 0 Å². The maximum atomic E-state index is 3.32. The first-order chi connectivity index (χ1) is 10.4. The van der Waals surface area contributed by atoms with E-state index < -0.39 is 0 Å². The summed E-state index contributed by atoms with van der Waals surface area (Å²) in [4.78, 5) is 0. The lowest BCUT2D eigenvalue weighted by Gasteiger charge is -2.07. The first-order valence-electron chi connectivity index (χ1n) is 7.36. The van der Waals surface area contributed by atoms with Crippen LogP contribution < -0.4 is 5.32 Å². The van der Waals surface area contributed by atoms with Crippen molar-refractivity contribution in [1.29, 1.82) is 0 Å². The molecule has 0 saturated carbocycles. The topological polar surface area (TPSA) is 12.0 Å². The molecule has 0 atom stereocenters. The molecule has 0 aliphatic carbocycles. The second-order valence-electron chi connectivity index (χ2n) is 5.05. The fraction of sp³-hybridized carbons (Fsp3) is 0.100. The van der Waals surface area contributed by atoms with Gasteiger partial charge in [-0.25, -0.2) is 0 Å². The van der Waals surface area contributed by atoms with Crippen LogP contribution in [-0.2, 0) is 0 Å². The number of rotatable bonds is 4. The summed E-state index contributed by atoms with van der Waals surface area (Å²) in [5, 5.41) is 3.32. The molecule has 3 aromatic rings. The summed E-state index contributed by atoms with van der Waals surface area (Å²) >= 11 is 0. The van der Waals surface area contributed by atoms with Crippen molar-refractivity contribution < 1.29 is 0 Å². The molecule has 0 unspecified atom stereocenters. The van der Waals surface area contributed by atoms with Crippen molar-refractivity contribution >= 4 is 5.69 Å². The van der Waals surface area contributed by atoms with Crippen molar-refractivity contribution in [3.8, 4) is 22.3 Å². The van der Waals surface area contributed by atoms with E-state index in [1.165, 1.54) is 27.9 Å². The summed E-state index contributed by atoms with van der Waals surface area (Å²) in [6.45, 7) is 3.06. The van der Waals surface area contributed by atoms with Gasteiger partial charge in [-0.05, 0) is 41.3 Å². The van der Waals surface area contributed by atoms with E-state index in [9.17, 15) is 0 Å². The largest absolute Gasteiger partial charge is 0.385 e. The highest BCUT2D eigenvalue weighted by molar-refractivity contribution is 5.71. The molecule has 3 rings (SSSR count). The van der Waals surface area contributed by atoms with Crippen LogP contribution in [0.4, 0.5) is 5.69 Å². The van der Waals surface area contributed by atoms with Crippen molar-refractivity contribution in [3.63, 3.8) is 0 Å². The molecular formula is C20H19N. The van der Waals surface area contributed by atoms with Crippen LogP contribution in [0, 0.1) is 0 Å². The lowest BCUT2D eigenvalue weighted by Crippen LogP contribution is -1.95. The van der Waals surface area contributed by atoms with Crippen molar-refractivity contribution in [2.24, 2.45) is 0 Å². The van der Waals surface area contributed by atoms with Gasteiger partial charge < -0.3 is 5.32 Å². The Kier molecular flexibility index (Phi) is 4.02. The SMILES string of the molecule is CCNc1ccc(-c2ccc(-c3ccccc3)cc2)cc1. The highest BCUT2D eigenvalue weighted by atomic mass is 14.8. The Morgan fingerprint density at radius 1 is 0.571 bits per heavy atom. The van der Waals surface area contributed by atoms with Gasteiger partial charge in [0, 0.05) is 12.2 Å². The molecule has 0 aliphatic heterocycles. The zero-order chi connectivity index (χ0) is 14.5. The number of nitrogens with one attached hydrogen (secondary N) is 1. The minimum atomic E-state index is 0.950. The molecule has 3 aromatic carbocycles. The van der Waals surface area contributed by atoms with Crippen LogP contribution in [0.25, 0.3) is 22.3 Å². The predicted octanol–water partition coefficient (Wildman–Crippen LogP) is 5.45. The van der Waals surface area contributed by atoms with Crippen LogP contribution in [0.5, 0.6) is 0 Å². The Labute approximate surface area is 126 Å². The Bertz CT molecular complexity index is 682. The van der Waals surface area contributed by atoms with Crippen LogP contribution in [0.2, 0.25) is 0 Å². The predicted molar refractivity (Wildman–Crippen MR) is 91.5 cm³/mol. The average Bonchev–Trinajstić information content (AvgIpc) is 2.57. The minimum absolute atomic E-state index is 0.950. The van der Waals surface area contributed by atoms with E-state index >= 15 is 0 Å². The van der Waals surface area contributed by atoms with E-state index in [1.54, 1.807) is 0 Å². The highest BCUT2D eigenvalue weighted by Crippen LogP contribution is 2.25. The molecule has 0 aliphatic rings. The van der Waals surface area contributed by atoms with Crippen LogP contribution in [0.1, 0.15) is 6.92 Å². The molecule has 0 bridgehead atoms. The molecule has 1 N–H and O–H groups in total. The van der Waals surface area contributed by atoms with Crippen molar-refractivity contribution in [2.75, 3.05) is 11.9 Å². The van der Waals surface area contributed by atoms with Crippen LogP contribution in [-0.4, -0.2) is 6.54 Å². The smallest absolute Gasteiger partial charge is 0.0340 e. The molecule has 0 spiro atoms. The van der Waals surface area contributed by atoms with Gasteiger partial charge in [0.2, 0.25) is 0 Å². The zero-order valence-electron chi connectivity index (χ0n) is 12.2. The first kappa shape index (κ1) is 13.4. The summed E-state index contributed by atoms with van der Waals surface area (Å²) in [6.07, 6.45) is 0. The Morgan fingerprint density at radius 2 is 1.00 bits per heavy atom. The van der Waals surface area contributed by atoms with Gasteiger partial charge in [0.05, 0.1) is 0 Å². The summed E-state index contributed by atoms with van der Waals surface area (Å²) in [6, 6.07) is 27.8. The maximum Gasteiger partial charge on any atom is 0.0340 e. The standard InChI is InChI=1S/C20H19N/c1-2-21-20-14-12-19(13-15-20)18-10-8-17(9-11-18)16-6-4-3-5-7-16/h3-15,21H,2H2,1H3. The summed E-state index contributed by atoms with van der Waals surface area (Å²) in [5.74, 6) is 0. The molecule has 0 radical (unpaired) electrons. The van der Waals surface area contributed by atoms with Gasteiger partial charge in [-0.3, -0.25) is 0 Å². The monoisotopic (exact) mass is 273 g/mol. The highest BCUT2D eigenvalue weighted by Gasteiger charge is 2.00. The third-order valence-corrected chi connectivity index (χ3v) is 3.59. The van der Waals surface area contributed by atoms with Gasteiger partial charge in [0.15, 0.2) is 0 Å². The van der Waals surface area contributed by atoms with Crippen LogP contribution >= 0.6 is 0 Å². The molecule has 104 valence electrons. The maximum absolute atomic E-state index is 3.32. The van der Waals surface area contributed by atoms with E-state index in [1.807, 2.05) is 6.07 Å². The summed E-state index contributed by atoms with van der Waals surface area (Å²) in [7, 11) is 0. The molecular weight excluding hydrogens is 254 g/mol. The van der Waals surface area contributed by atoms with Gasteiger partial charge in [-0.1, -0.05) is 66.7 Å². The quantitative estimate of drug-likeness (QED) is 0.666. The number of hydrogen-bond acceptors (Lipinski definition) is 1. The Balaban J connectivity index is 1.84. The van der Waals surface area contributed by atoms with E-state index in [0.29, 0.717) is 0 Å². The normalized spacial score (nSPS) is 10.3.